The molecule has 0 spiro atoms. The molecule has 1 amide bonds. The van der Waals surface area contributed by atoms with E-state index < -0.39 is 11.7 Å². The summed E-state index contributed by atoms with van der Waals surface area (Å²) in [6.45, 7) is 2.42. The van der Waals surface area contributed by atoms with Crippen molar-refractivity contribution in [2.45, 2.75) is 13.1 Å². The fraction of sp³-hybridized carbons (Fsp3) is 0.179. The van der Waals surface area contributed by atoms with Crippen LogP contribution in [0, 0.1) is 11.8 Å². The largest absolute Gasteiger partial charge is 0.416 e. The van der Waals surface area contributed by atoms with Gasteiger partial charge in [-0.1, -0.05) is 29.1 Å². The zero-order valence-corrected chi connectivity index (χ0v) is 19.8. The van der Waals surface area contributed by atoms with E-state index >= 15 is 0 Å². The van der Waals surface area contributed by atoms with Crippen LogP contribution in [0.1, 0.15) is 34.0 Å². The van der Waals surface area contributed by atoms with E-state index in [0.717, 1.165) is 12.1 Å². The molecule has 37 heavy (non-hydrogen) atoms. The SMILES string of the molecule is CCN(CCO)C(=O)c1cccc(-c2nc(-c3ccc(C#Cc4cccc(C(F)(F)F)c4)cc3)no2)c1. The van der Waals surface area contributed by atoms with Crippen molar-refractivity contribution in [3.63, 3.8) is 0 Å². The molecule has 3 aromatic carbocycles. The number of halogens is 3. The topological polar surface area (TPSA) is 79.5 Å². The number of rotatable bonds is 6. The highest BCUT2D eigenvalue weighted by molar-refractivity contribution is 5.95. The zero-order chi connectivity index (χ0) is 26.4. The van der Waals surface area contributed by atoms with E-state index in [1.165, 1.54) is 17.0 Å². The second kappa shape index (κ2) is 11.1. The quantitative estimate of drug-likeness (QED) is 0.361. The van der Waals surface area contributed by atoms with E-state index in [2.05, 4.69) is 22.0 Å². The van der Waals surface area contributed by atoms with E-state index in [0.29, 0.717) is 34.6 Å². The molecule has 4 aromatic rings. The van der Waals surface area contributed by atoms with Crippen LogP contribution in [-0.4, -0.2) is 45.8 Å². The molecule has 0 aliphatic heterocycles. The van der Waals surface area contributed by atoms with Crippen molar-refractivity contribution < 1.29 is 27.6 Å². The molecule has 0 aliphatic carbocycles. The lowest BCUT2D eigenvalue weighted by molar-refractivity contribution is -0.137. The maximum atomic E-state index is 12.9. The van der Waals surface area contributed by atoms with Crippen LogP contribution in [0.4, 0.5) is 13.2 Å². The molecule has 1 aromatic heterocycles. The molecular weight excluding hydrogens is 483 g/mol. The summed E-state index contributed by atoms with van der Waals surface area (Å²) in [7, 11) is 0. The van der Waals surface area contributed by atoms with Gasteiger partial charge in [0.25, 0.3) is 11.8 Å². The molecule has 9 heteroatoms. The zero-order valence-electron chi connectivity index (χ0n) is 19.8. The molecule has 1 N–H and O–H groups in total. The van der Waals surface area contributed by atoms with Crippen molar-refractivity contribution in [2.24, 2.45) is 0 Å². The molecule has 6 nitrogen and oxygen atoms in total. The maximum Gasteiger partial charge on any atom is 0.416 e. The highest BCUT2D eigenvalue weighted by Crippen LogP contribution is 2.29. The molecular formula is C28H22F3N3O3. The molecule has 188 valence electrons. The Morgan fingerprint density at radius 3 is 2.41 bits per heavy atom. The van der Waals surface area contributed by atoms with Crippen LogP contribution < -0.4 is 0 Å². The van der Waals surface area contributed by atoms with Crippen molar-refractivity contribution in [1.82, 2.24) is 15.0 Å². The van der Waals surface area contributed by atoms with Crippen LogP contribution in [0.15, 0.2) is 77.3 Å². The minimum atomic E-state index is -4.42. The van der Waals surface area contributed by atoms with Gasteiger partial charge < -0.3 is 14.5 Å². The fourth-order valence-corrected chi connectivity index (χ4v) is 3.57. The first-order valence-corrected chi connectivity index (χ1v) is 11.4. The van der Waals surface area contributed by atoms with Gasteiger partial charge in [0.2, 0.25) is 5.82 Å². The average molecular weight is 505 g/mol. The molecule has 0 unspecified atom stereocenters. The Bertz CT molecular complexity index is 1450. The molecule has 0 radical (unpaired) electrons. The maximum absolute atomic E-state index is 12.9. The van der Waals surface area contributed by atoms with E-state index in [4.69, 9.17) is 4.52 Å². The number of aliphatic hydroxyl groups excluding tert-OH is 1. The van der Waals surface area contributed by atoms with Crippen LogP contribution in [0.5, 0.6) is 0 Å². The molecule has 0 bridgehead atoms. The highest BCUT2D eigenvalue weighted by atomic mass is 19.4. The summed E-state index contributed by atoms with van der Waals surface area (Å²) in [5.41, 5.74) is 1.81. The standard InChI is InChI=1S/C28H22F3N3O3/c1-2-34(15-16-35)27(36)23-7-4-6-22(18-23)26-32-25(33-37-26)21-13-11-19(12-14-21)9-10-20-5-3-8-24(17-20)28(29,30)31/h3-8,11-14,17-18,35H,2,15-16H2,1H3. The average Bonchev–Trinajstić information content (AvgIpc) is 3.41. The van der Waals surface area contributed by atoms with Gasteiger partial charge in [-0.3, -0.25) is 4.79 Å². The predicted molar refractivity (Wildman–Crippen MR) is 131 cm³/mol. The van der Waals surface area contributed by atoms with Crippen molar-refractivity contribution in [3.8, 4) is 34.7 Å². The molecule has 0 atom stereocenters. The molecule has 1 heterocycles. The van der Waals surface area contributed by atoms with Crippen LogP contribution in [0.3, 0.4) is 0 Å². The van der Waals surface area contributed by atoms with Gasteiger partial charge in [0.05, 0.1) is 12.2 Å². The van der Waals surface area contributed by atoms with Crippen molar-refractivity contribution in [2.75, 3.05) is 19.7 Å². The molecule has 0 saturated heterocycles. The first-order chi connectivity index (χ1) is 17.8. The number of aromatic nitrogens is 2. The van der Waals surface area contributed by atoms with Crippen LogP contribution in [0.25, 0.3) is 22.8 Å². The second-order valence-electron chi connectivity index (χ2n) is 8.02. The number of carbonyl (C=O) groups is 1. The van der Waals surface area contributed by atoms with Gasteiger partial charge in [0, 0.05) is 40.9 Å². The summed E-state index contributed by atoms with van der Waals surface area (Å²) in [5, 5.41) is 13.2. The van der Waals surface area contributed by atoms with Gasteiger partial charge in [0.1, 0.15) is 0 Å². The van der Waals surface area contributed by atoms with E-state index in [-0.39, 0.29) is 30.5 Å². The van der Waals surface area contributed by atoms with Gasteiger partial charge >= 0.3 is 6.18 Å². The number of alkyl halides is 3. The summed E-state index contributed by atoms with van der Waals surface area (Å²) in [5.74, 6) is 5.97. The molecule has 0 fully saturated rings. The number of carbonyl (C=O) groups excluding carboxylic acids is 1. The minimum Gasteiger partial charge on any atom is -0.395 e. The summed E-state index contributed by atoms with van der Waals surface area (Å²) >= 11 is 0. The number of benzene rings is 3. The summed E-state index contributed by atoms with van der Waals surface area (Å²) in [6, 6.07) is 18.6. The summed E-state index contributed by atoms with van der Waals surface area (Å²) in [4.78, 5) is 18.7. The number of hydrogen-bond donors (Lipinski definition) is 1. The smallest absolute Gasteiger partial charge is 0.395 e. The number of aliphatic hydroxyl groups is 1. The minimum absolute atomic E-state index is 0.123. The van der Waals surface area contributed by atoms with Gasteiger partial charge in [-0.2, -0.15) is 18.2 Å². The lowest BCUT2D eigenvalue weighted by Gasteiger charge is -2.19. The van der Waals surface area contributed by atoms with Crippen molar-refractivity contribution in [1.29, 1.82) is 0 Å². The normalized spacial score (nSPS) is 11.1. The Balaban J connectivity index is 1.50. The van der Waals surface area contributed by atoms with Crippen molar-refractivity contribution in [3.05, 3.63) is 95.1 Å². The summed E-state index contributed by atoms with van der Waals surface area (Å²) in [6.07, 6.45) is -4.42. The van der Waals surface area contributed by atoms with E-state index in [1.54, 1.807) is 48.5 Å². The van der Waals surface area contributed by atoms with Crippen LogP contribution >= 0.6 is 0 Å². The first-order valence-electron chi connectivity index (χ1n) is 11.4. The Morgan fingerprint density at radius 1 is 0.973 bits per heavy atom. The third-order valence-corrected chi connectivity index (χ3v) is 5.51. The monoisotopic (exact) mass is 505 g/mol. The Morgan fingerprint density at radius 2 is 1.70 bits per heavy atom. The van der Waals surface area contributed by atoms with E-state index in [1.807, 2.05) is 6.92 Å². The van der Waals surface area contributed by atoms with Gasteiger partial charge in [-0.25, -0.2) is 0 Å². The van der Waals surface area contributed by atoms with Crippen LogP contribution in [0.2, 0.25) is 0 Å². The molecule has 0 aliphatic rings. The highest BCUT2D eigenvalue weighted by Gasteiger charge is 2.30. The predicted octanol–water partition coefficient (Wildman–Crippen LogP) is 5.28. The van der Waals surface area contributed by atoms with E-state index in [9.17, 15) is 23.1 Å². The van der Waals surface area contributed by atoms with Gasteiger partial charge in [-0.15, -0.1) is 0 Å². The lowest BCUT2D eigenvalue weighted by atomic mass is 10.1. The number of amides is 1. The van der Waals surface area contributed by atoms with Gasteiger partial charge in [0.15, 0.2) is 0 Å². The van der Waals surface area contributed by atoms with Crippen molar-refractivity contribution >= 4 is 5.91 Å². The molecule has 4 rings (SSSR count). The number of hydrogen-bond acceptors (Lipinski definition) is 5. The second-order valence-corrected chi connectivity index (χ2v) is 8.02. The third kappa shape index (κ3) is 6.23. The Kier molecular flexibility index (Phi) is 7.70. The van der Waals surface area contributed by atoms with Crippen LogP contribution in [-0.2, 0) is 6.18 Å². The number of likely N-dealkylation sites (N-methyl/N-ethyl adjacent to an activating group) is 1. The third-order valence-electron chi connectivity index (χ3n) is 5.51. The fourth-order valence-electron chi connectivity index (χ4n) is 3.57. The number of nitrogens with zero attached hydrogens (tertiary/aromatic N) is 3. The molecule has 0 saturated carbocycles. The Labute approximate surface area is 211 Å². The lowest BCUT2D eigenvalue weighted by Crippen LogP contribution is -2.33. The Hall–Kier alpha value is -4.42. The van der Waals surface area contributed by atoms with Gasteiger partial charge in [-0.05, 0) is 67.6 Å². The first kappa shape index (κ1) is 25.7. The summed E-state index contributed by atoms with van der Waals surface area (Å²) < 4.78 is 44.1.